The number of benzene rings is 3. The Hall–Kier alpha value is -3.47. The number of hydrogen-bond acceptors (Lipinski definition) is 4. The number of nitrogens with one attached hydrogen (secondary N) is 1. The molecule has 0 aliphatic carbocycles. The normalized spacial score (nSPS) is 11.5. The Morgan fingerprint density at radius 1 is 0.667 bits per heavy atom. The number of anilines is 1. The number of fused-ring (bicyclic) bond motifs is 3. The van der Waals surface area contributed by atoms with Crippen molar-refractivity contribution in [1.82, 2.24) is 19.9 Å². The number of aromatic amines is 1. The number of nitrogen functional groups attached to an aromatic ring is 1. The van der Waals surface area contributed by atoms with Gasteiger partial charge in [-0.25, -0.2) is 15.0 Å². The van der Waals surface area contributed by atoms with Crippen molar-refractivity contribution in [3.63, 3.8) is 0 Å². The fourth-order valence-corrected chi connectivity index (χ4v) is 2.90. The largest absolute Gasteiger partial charge is 0.399 e. The van der Waals surface area contributed by atoms with Gasteiger partial charge in [0, 0.05) is 11.3 Å². The topological polar surface area (TPSA) is 80.5 Å². The smallest absolute Gasteiger partial charge is 0.160 e. The number of hydrogen-bond donors (Lipinski definition) is 2. The van der Waals surface area contributed by atoms with Crippen LogP contribution in [0.5, 0.6) is 0 Å². The highest BCUT2D eigenvalue weighted by Gasteiger charge is 2.09. The maximum atomic E-state index is 5.74. The van der Waals surface area contributed by atoms with Gasteiger partial charge in [0.2, 0.25) is 0 Å². The molecule has 0 amide bonds. The molecular formula is C19H13N5. The zero-order valence-corrected chi connectivity index (χ0v) is 12.7. The maximum Gasteiger partial charge on any atom is 0.160 e. The van der Waals surface area contributed by atoms with Crippen LogP contribution in [-0.2, 0) is 0 Å². The molecule has 0 atom stereocenters. The summed E-state index contributed by atoms with van der Waals surface area (Å²) in [4.78, 5) is 17.4. The van der Waals surface area contributed by atoms with Crippen molar-refractivity contribution in [2.75, 3.05) is 5.73 Å². The standard InChI is InChI=1S/C19H13N5/c20-12-7-5-11(6-8-12)19-23-17-9-15-16(10-18(17)24-19)22-14-4-2-1-3-13(14)21-15/h1-10,21H,20H2. The van der Waals surface area contributed by atoms with Crippen LogP contribution in [0.3, 0.4) is 0 Å². The fourth-order valence-electron chi connectivity index (χ4n) is 2.90. The zero-order chi connectivity index (χ0) is 16.1. The van der Waals surface area contributed by atoms with Crippen LogP contribution >= 0.6 is 0 Å². The number of H-pyrrole nitrogens is 1. The van der Waals surface area contributed by atoms with Crippen LogP contribution in [0.1, 0.15) is 0 Å². The highest BCUT2D eigenvalue weighted by atomic mass is 14.9. The Morgan fingerprint density at radius 2 is 1.42 bits per heavy atom. The molecule has 3 aromatic carbocycles. The molecule has 3 N–H and O–H groups in total. The molecule has 0 bridgehead atoms. The lowest BCUT2D eigenvalue weighted by atomic mass is 10.2. The molecule has 114 valence electrons. The van der Waals surface area contributed by atoms with Gasteiger partial charge in [-0.3, -0.25) is 0 Å². The van der Waals surface area contributed by atoms with Crippen molar-refractivity contribution in [1.29, 1.82) is 0 Å². The molecule has 5 heteroatoms. The fraction of sp³-hybridized carbons (Fsp3) is 0. The Bertz CT molecular complexity index is 1130. The lowest BCUT2D eigenvalue weighted by Crippen LogP contribution is -1.87. The lowest BCUT2D eigenvalue weighted by Gasteiger charge is -2.01. The van der Waals surface area contributed by atoms with Gasteiger partial charge in [-0.05, 0) is 48.5 Å². The Balaban J connectivity index is 1.74. The van der Waals surface area contributed by atoms with E-state index in [9.17, 15) is 0 Å². The van der Waals surface area contributed by atoms with Gasteiger partial charge in [0.1, 0.15) is 0 Å². The third-order valence-corrected chi connectivity index (χ3v) is 4.13. The van der Waals surface area contributed by atoms with Crippen molar-refractivity contribution in [3.8, 4) is 11.4 Å². The predicted octanol–water partition coefficient (Wildman–Crippen LogP) is 3.91. The van der Waals surface area contributed by atoms with Gasteiger partial charge in [0.15, 0.2) is 5.82 Å². The van der Waals surface area contributed by atoms with Crippen molar-refractivity contribution < 1.29 is 0 Å². The van der Waals surface area contributed by atoms with Gasteiger partial charge < -0.3 is 10.7 Å². The van der Waals surface area contributed by atoms with Crippen LogP contribution in [0, 0.1) is 0 Å². The van der Waals surface area contributed by atoms with Gasteiger partial charge in [-0.1, -0.05) is 12.1 Å². The molecule has 0 spiro atoms. The monoisotopic (exact) mass is 311 g/mol. The van der Waals surface area contributed by atoms with Crippen LogP contribution in [0.4, 0.5) is 5.69 Å². The maximum absolute atomic E-state index is 5.74. The molecular weight excluding hydrogens is 298 g/mol. The minimum atomic E-state index is 0.699. The molecule has 0 aliphatic heterocycles. The van der Waals surface area contributed by atoms with E-state index in [1.165, 1.54) is 0 Å². The Labute approximate surface area is 137 Å². The van der Waals surface area contributed by atoms with Crippen LogP contribution in [-0.4, -0.2) is 19.9 Å². The molecule has 0 saturated carbocycles. The number of rotatable bonds is 1. The summed E-state index contributed by atoms with van der Waals surface area (Å²) in [6, 6.07) is 19.5. The van der Waals surface area contributed by atoms with E-state index in [1.807, 2.05) is 60.7 Å². The summed E-state index contributed by atoms with van der Waals surface area (Å²) in [5.74, 6) is 0.699. The van der Waals surface area contributed by atoms with Gasteiger partial charge in [0.25, 0.3) is 0 Å². The van der Waals surface area contributed by atoms with Crippen LogP contribution < -0.4 is 5.73 Å². The summed E-state index contributed by atoms with van der Waals surface area (Å²) >= 11 is 0. The first-order valence-electron chi connectivity index (χ1n) is 7.68. The van der Waals surface area contributed by atoms with Gasteiger partial charge in [-0.15, -0.1) is 0 Å². The SMILES string of the molecule is Nc1ccc(-c2nc3cc4nc5ccccc5[nH]c4cc3n2)cc1. The molecule has 2 aromatic heterocycles. The van der Waals surface area contributed by atoms with E-state index in [0.29, 0.717) is 5.82 Å². The highest BCUT2D eigenvalue weighted by molar-refractivity contribution is 5.95. The predicted molar refractivity (Wildman–Crippen MR) is 96.5 cm³/mol. The van der Waals surface area contributed by atoms with Gasteiger partial charge in [-0.2, -0.15) is 0 Å². The molecule has 5 aromatic rings. The van der Waals surface area contributed by atoms with Crippen LogP contribution in [0.25, 0.3) is 44.5 Å². The summed E-state index contributed by atoms with van der Waals surface area (Å²) in [7, 11) is 0. The van der Waals surface area contributed by atoms with Crippen LogP contribution in [0.15, 0.2) is 60.7 Å². The van der Waals surface area contributed by atoms with E-state index in [0.717, 1.165) is 44.4 Å². The lowest BCUT2D eigenvalue weighted by molar-refractivity contribution is 1.34. The first-order chi connectivity index (χ1) is 11.8. The minimum absolute atomic E-state index is 0.699. The number of nitrogens with two attached hydrogens (primary N) is 1. The van der Waals surface area contributed by atoms with Crippen LogP contribution in [0.2, 0.25) is 0 Å². The van der Waals surface area contributed by atoms with E-state index in [4.69, 9.17) is 10.7 Å². The molecule has 0 radical (unpaired) electrons. The number of nitrogens with zero attached hydrogens (tertiary/aromatic N) is 3. The zero-order valence-electron chi connectivity index (χ0n) is 12.7. The molecule has 0 fully saturated rings. The minimum Gasteiger partial charge on any atom is -0.399 e. The summed E-state index contributed by atoms with van der Waals surface area (Å²) in [5, 5.41) is 0. The van der Waals surface area contributed by atoms with E-state index >= 15 is 0 Å². The second-order valence-electron chi connectivity index (χ2n) is 5.78. The molecule has 0 aliphatic rings. The number of para-hydroxylation sites is 2. The summed E-state index contributed by atoms with van der Waals surface area (Å²) in [5.41, 5.74) is 12.9. The van der Waals surface area contributed by atoms with Gasteiger partial charge >= 0.3 is 0 Å². The van der Waals surface area contributed by atoms with Crippen molar-refractivity contribution in [2.24, 2.45) is 0 Å². The van der Waals surface area contributed by atoms with Crippen molar-refractivity contribution in [2.45, 2.75) is 0 Å². The second-order valence-corrected chi connectivity index (χ2v) is 5.78. The molecule has 0 unspecified atom stereocenters. The van der Waals surface area contributed by atoms with Crippen molar-refractivity contribution >= 4 is 38.8 Å². The van der Waals surface area contributed by atoms with Crippen molar-refractivity contribution in [3.05, 3.63) is 60.7 Å². The summed E-state index contributed by atoms with van der Waals surface area (Å²) in [6.07, 6.45) is 0. The molecule has 0 saturated heterocycles. The highest BCUT2D eigenvalue weighted by Crippen LogP contribution is 2.25. The first kappa shape index (κ1) is 13.0. The third-order valence-electron chi connectivity index (χ3n) is 4.13. The molecule has 5 nitrogen and oxygen atoms in total. The second kappa shape index (κ2) is 4.76. The van der Waals surface area contributed by atoms with E-state index in [1.54, 1.807) is 0 Å². The average Bonchev–Trinajstić information content (AvgIpc) is 3.01. The van der Waals surface area contributed by atoms with E-state index in [-0.39, 0.29) is 0 Å². The molecule has 24 heavy (non-hydrogen) atoms. The average molecular weight is 311 g/mol. The first-order valence-corrected chi connectivity index (χ1v) is 7.68. The number of aromatic nitrogens is 4. The van der Waals surface area contributed by atoms with E-state index in [2.05, 4.69) is 15.0 Å². The van der Waals surface area contributed by atoms with Gasteiger partial charge in [0.05, 0.1) is 33.1 Å². The molecule has 2 heterocycles. The molecule has 5 rings (SSSR count). The Kier molecular flexibility index (Phi) is 2.58. The number of imidazole rings is 1. The summed E-state index contributed by atoms with van der Waals surface area (Å²) in [6.45, 7) is 0. The van der Waals surface area contributed by atoms with E-state index < -0.39 is 0 Å². The third kappa shape index (κ3) is 1.99. The quantitative estimate of drug-likeness (QED) is 0.363. The summed E-state index contributed by atoms with van der Waals surface area (Å²) < 4.78 is 0. The Morgan fingerprint density at radius 3 is 2.25 bits per heavy atom.